The Bertz CT molecular complexity index is 907. The Morgan fingerprint density at radius 2 is 1.86 bits per heavy atom. The minimum absolute atomic E-state index is 0.0247. The second kappa shape index (κ2) is 9.87. The van der Waals surface area contributed by atoms with Crippen LogP contribution in [0.1, 0.15) is 44.2 Å². The fraction of sp³-hybridized carbons (Fsp3) is 0.348. The quantitative estimate of drug-likeness (QED) is 0.576. The normalized spacial score (nSPS) is 12.9. The number of nitrogens with one attached hydrogen (secondary N) is 1. The monoisotopic (exact) mass is 393 g/mol. The van der Waals surface area contributed by atoms with Crippen molar-refractivity contribution in [3.05, 3.63) is 66.1 Å². The van der Waals surface area contributed by atoms with Crippen LogP contribution in [-0.2, 0) is 11.2 Å². The summed E-state index contributed by atoms with van der Waals surface area (Å²) in [7, 11) is 1.62. The Labute approximate surface area is 171 Å². The third kappa shape index (κ3) is 5.44. The summed E-state index contributed by atoms with van der Waals surface area (Å²) in [6, 6.07) is 17.1. The van der Waals surface area contributed by atoms with Crippen LogP contribution in [0.25, 0.3) is 11.4 Å². The molecule has 3 rings (SSSR count). The number of benzene rings is 2. The van der Waals surface area contributed by atoms with E-state index in [0.29, 0.717) is 24.6 Å². The molecule has 0 aliphatic rings. The number of rotatable bonds is 9. The summed E-state index contributed by atoms with van der Waals surface area (Å²) in [6.45, 7) is 4.15. The SMILES string of the molecule is CCC(C)C(NC(=O)CCc1ccccc1)c1nc(-c2ccc(OC)cc2)no1. The number of amides is 1. The molecule has 1 amide bonds. The predicted molar refractivity (Wildman–Crippen MR) is 111 cm³/mol. The van der Waals surface area contributed by atoms with Crippen LogP contribution >= 0.6 is 0 Å². The lowest BCUT2D eigenvalue weighted by molar-refractivity contribution is -0.122. The molecule has 0 saturated carbocycles. The average Bonchev–Trinajstić information content (AvgIpc) is 3.26. The largest absolute Gasteiger partial charge is 0.497 e. The van der Waals surface area contributed by atoms with Gasteiger partial charge in [-0.05, 0) is 42.2 Å². The molecule has 0 fully saturated rings. The predicted octanol–water partition coefficient (Wildman–Crippen LogP) is 4.58. The molecule has 3 aromatic rings. The molecule has 0 spiro atoms. The van der Waals surface area contributed by atoms with Crippen LogP contribution < -0.4 is 10.1 Å². The van der Waals surface area contributed by atoms with Crippen molar-refractivity contribution in [2.75, 3.05) is 7.11 Å². The summed E-state index contributed by atoms with van der Waals surface area (Å²) in [6.07, 6.45) is 1.99. The van der Waals surface area contributed by atoms with Crippen molar-refractivity contribution < 1.29 is 14.1 Å². The number of carbonyl (C=O) groups excluding carboxylic acids is 1. The standard InChI is InChI=1S/C23H27N3O3/c1-4-16(2)21(24-20(27)15-10-17-8-6-5-7-9-17)23-25-22(26-29-23)18-11-13-19(28-3)14-12-18/h5-9,11-14,16,21H,4,10,15H2,1-3H3,(H,24,27). The van der Waals surface area contributed by atoms with Gasteiger partial charge < -0.3 is 14.6 Å². The Morgan fingerprint density at radius 3 is 2.52 bits per heavy atom. The van der Waals surface area contributed by atoms with E-state index in [-0.39, 0.29) is 17.9 Å². The lowest BCUT2D eigenvalue weighted by Crippen LogP contribution is -2.32. The topological polar surface area (TPSA) is 77.2 Å². The van der Waals surface area contributed by atoms with Crippen LogP contribution in [0.2, 0.25) is 0 Å². The minimum Gasteiger partial charge on any atom is -0.497 e. The van der Waals surface area contributed by atoms with Crippen molar-refractivity contribution in [2.45, 2.75) is 39.2 Å². The number of carbonyl (C=O) groups is 1. The van der Waals surface area contributed by atoms with Crippen LogP contribution in [0.4, 0.5) is 0 Å². The number of hydrogen-bond acceptors (Lipinski definition) is 5. The van der Waals surface area contributed by atoms with Gasteiger partial charge in [0.15, 0.2) is 0 Å². The highest BCUT2D eigenvalue weighted by atomic mass is 16.5. The molecule has 152 valence electrons. The van der Waals surface area contributed by atoms with Gasteiger partial charge >= 0.3 is 0 Å². The van der Waals surface area contributed by atoms with Crippen molar-refractivity contribution in [3.8, 4) is 17.1 Å². The van der Waals surface area contributed by atoms with Crippen molar-refractivity contribution in [3.63, 3.8) is 0 Å². The van der Waals surface area contributed by atoms with E-state index in [1.165, 1.54) is 0 Å². The highest BCUT2D eigenvalue weighted by molar-refractivity contribution is 5.76. The van der Waals surface area contributed by atoms with E-state index in [0.717, 1.165) is 23.3 Å². The number of aryl methyl sites for hydroxylation is 1. The molecule has 6 heteroatoms. The third-order valence-electron chi connectivity index (χ3n) is 5.07. The van der Waals surface area contributed by atoms with Crippen LogP contribution in [0.3, 0.4) is 0 Å². The summed E-state index contributed by atoms with van der Waals surface area (Å²) in [4.78, 5) is 17.1. The smallest absolute Gasteiger partial charge is 0.249 e. The van der Waals surface area contributed by atoms with Gasteiger partial charge in [0.1, 0.15) is 11.8 Å². The van der Waals surface area contributed by atoms with Gasteiger partial charge in [0.2, 0.25) is 17.6 Å². The van der Waals surface area contributed by atoms with E-state index in [2.05, 4.69) is 29.3 Å². The molecule has 0 bridgehead atoms. The number of ether oxygens (including phenoxy) is 1. The van der Waals surface area contributed by atoms with Crippen molar-refractivity contribution in [1.82, 2.24) is 15.5 Å². The highest BCUT2D eigenvalue weighted by Gasteiger charge is 2.26. The van der Waals surface area contributed by atoms with Crippen molar-refractivity contribution >= 4 is 5.91 Å². The van der Waals surface area contributed by atoms with Crippen LogP contribution in [0.15, 0.2) is 59.1 Å². The summed E-state index contributed by atoms with van der Waals surface area (Å²) >= 11 is 0. The van der Waals surface area contributed by atoms with E-state index < -0.39 is 0 Å². The van der Waals surface area contributed by atoms with E-state index in [1.54, 1.807) is 7.11 Å². The van der Waals surface area contributed by atoms with Crippen molar-refractivity contribution in [1.29, 1.82) is 0 Å². The Hall–Kier alpha value is -3.15. The molecule has 2 aromatic carbocycles. The zero-order valence-corrected chi connectivity index (χ0v) is 17.1. The molecule has 0 saturated heterocycles. The fourth-order valence-corrected chi connectivity index (χ4v) is 3.05. The molecule has 2 atom stereocenters. The molecule has 29 heavy (non-hydrogen) atoms. The van der Waals surface area contributed by atoms with Crippen LogP contribution in [0, 0.1) is 5.92 Å². The Morgan fingerprint density at radius 1 is 1.14 bits per heavy atom. The van der Waals surface area contributed by atoms with Gasteiger partial charge in [-0.2, -0.15) is 4.98 Å². The molecule has 1 N–H and O–H groups in total. The lowest BCUT2D eigenvalue weighted by atomic mass is 9.98. The number of methoxy groups -OCH3 is 1. The summed E-state index contributed by atoms with van der Waals surface area (Å²) < 4.78 is 10.7. The van der Waals surface area contributed by atoms with E-state index in [1.807, 2.05) is 54.6 Å². The van der Waals surface area contributed by atoms with Gasteiger partial charge in [-0.15, -0.1) is 0 Å². The lowest BCUT2D eigenvalue weighted by Gasteiger charge is -2.20. The maximum absolute atomic E-state index is 12.6. The third-order valence-corrected chi connectivity index (χ3v) is 5.07. The number of hydrogen-bond donors (Lipinski definition) is 1. The Kier molecular flexibility index (Phi) is 7.00. The molecule has 0 radical (unpaired) electrons. The maximum atomic E-state index is 12.6. The fourth-order valence-electron chi connectivity index (χ4n) is 3.05. The highest BCUT2D eigenvalue weighted by Crippen LogP contribution is 2.26. The van der Waals surface area contributed by atoms with Crippen LogP contribution in [-0.4, -0.2) is 23.2 Å². The summed E-state index contributed by atoms with van der Waals surface area (Å²) in [5.41, 5.74) is 1.97. The first-order valence-corrected chi connectivity index (χ1v) is 9.92. The first-order valence-electron chi connectivity index (χ1n) is 9.92. The summed E-state index contributed by atoms with van der Waals surface area (Å²) in [5.74, 6) is 1.83. The second-order valence-corrected chi connectivity index (χ2v) is 7.10. The van der Waals surface area contributed by atoms with Crippen molar-refractivity contribution in [2.24, 2.45) is 5.92 Å². The van der Waals surface area contributed by atoms with Gasteiger partial charge in [-0.25, -0.2) is 0 Å². The van der Waals surface area contributed by atoms with Gasteiger partial charge in [-0.1, -0.05) is 55.8 Å². The average molecular weight is 393 g/mol. The molecule has 2 unspecified atom stereocenters. The molecule has 1 heterocycles. The minimum atomic E-state index is -0.317. The number of nitrogens with zero attached hydrogens (tertiary/aromatic N) is 2. The first-order chi connectivity index (χ1) is 14.1. The molecular formula is C23H27N3O3. The van der Waals surface area contributed by atoms with E-state index in [4.69, 9.17) is 9.26 Å². The van der Waals surface area contributed by atoms with E-state index >= 15 is 0 Å². The molecule has 6 nitrogen and oxygen atoms in total. The summed E-state index contributed by atoms with van der Waals surface area (Å²) in [5, 5.41) is 7.18. The van der Waals surface area contributed by atoms with Gasteiger partial charge in [0, 0.05) is 12.0 Å². The van der Waals surface area contributed by atoms with Gasteiger partial charge in [0.05, 0.1) is 7.11 Å². The van der Waals surface area contributed by atoms with Gasteiger partial charge in [0.25, 0.3) is 0 Å². The zero-order valence-electron chi connectivity index (χ0n) is 17.1. The second-order valence-electron chi connectivity index (χ2n) is 7.10. The first kappa shape index (κ1) is 20.6. The zero-order chi connectivity index (χ0) is 20.6. The molecule has 1 aromatic heterocycles. The molecular weight excluding hydrogens is 366 g/mol. The molecule has 0 aliphatic carbocycles. The van der Waals surface area contributed by atoms with Crippen LogP contribution in [0.5, 0.6) is 5.75 Å². The Balaban J connectivity index is 1.69. The molecule has 0 aliphatic heterocycles. The van der Waals surface area contributed by atoms with Gasteiger partial charge in [-0.3, -0.25) is 4.79 Å². The maximum Gasteiger partial charge on any atom is 0.249 e. The number of aromatic nitrogens is 2. The van der Waals surface area contributed by atoms with E-state index in [9.17, 15) is 4.79 Å².